The fourth-order valence-electron chi connectivity index (χ4n) is 1.61. The van der Waals surface area contributed by atoms with Gasteiger partial charge in [0.1, 0.15) is 0 Å². The Morgan fingerprint density at radius 2 is 2.18 bits per heavy atom. The van der Waals surface area contributed by atoms with Crippen LogP contribution in [-0.4, -0.2) is 14.8 Å². The fraction of sp³-hybridized carbons (Fsp3) is 0.273. The molecule has 0 atom stereocenters. The van der Waals surface area contributed by atoms with E-state index < -0.39 is 5.82 Å². The van der Waals surface area contributed by atoms with Gasteiger partial charge in [-0.25, -0.2) is 14.1 Å². The lowest BCUT2D eigenvalue weighted by Gasteiger charge is -2.07. The third kappa shape index (κ3) is 1.92. The number of aryl methyl sites for hydroxylation is 1. The molecule has 0 amide bonds. The lowest BCUT2D eigenvalue weighted by Crippen LogP contribution is -2.09. The van der Waals surface area contributed by atoms with Crippen LogP contribution in [-0.2, 0) is 6.54 Å². The zero-order valence-corrected chi connectivity index (χ0v) is 10.3. The molecule has 2 aromatic rings. The molecule has 2 aromatic heterocycles. The van der Waals surface area contributed by atoms with E-state index in [2.05, 4.69) is 10.1 Å². The second-order valence-electron chi connectivity index (χ2n) is 3.71. The van der Waals surface area contributed by atoms with E-state index >= 15 is 0 Å². The minimum absolute atomic E-state index is 0.119. The molecule has 2 rings (SSSR count). The Hall–Kier alpha value is -1.46. The Bertz CT molecular complexity index is 565. The normalized spacial score (nSPS) is 10.9. The molecule has 6 heteroatoms. The first-order valence-electron chi connectivity index (χ1n) is 5.11. The summed E-state index contributed by atoms with van der Waals surface area (Å²) in [5.41, 5.74) is 7.15. The summed E-state index contributed by atoms with van der Waals surface area (Å²) < 4.78 is 15.4. The third-order valence-electron chi connectivity index (χ3n) is 2.57. The van der Waals surface area contributed by atoms with Gasteiger partial charge in [-0.1, -0.05) is 11.6 Å². The van der Waals surface area contributed by atoms with E-state index in [0.29, 0.717) is 22.0 Å². The van der Waals surface area contributed by atoms with Gasteiger partial charge in [-0.05, 0) is 19.9 Å². The highest BCUT2D eigenvalue weighted by atomic mass is 35.5. The first-order valence-corrected chi connectivity index (χ1v) is 5.49. The Labute approximate surface area is 103 Å². The van der Waals surface area contributed by atoms with Gasteiger partial charge in [-0.2, -0.15) is 5.10 Å². The number of nitrogens with zero attached hydrogens (tertiary/aromatic N) is 3. The average Bonchev–Trinajstić information content (AvgIpc) is 2.57. The van der Waals surface area contributed by atoms with E-state index in [4.69, 9.17) is 17.3 Å². The zero-order valence-electron chi connectivity index (χ0n) is 9.54. The first-order chi connectivity index (χ1) is 8.06. The second-order valence-corrected chi connectivity index (χ2v) is 4.09. The number of rotatable bonds is 2. The van der Waals surface area contributed by atoms with Crippen molar-refractivity contribution in [2.24, 2.45) is 5.73 Å². The topological polar surface area (TPSA) is 56.7 Å². The molecule has 0 saturated heterocycles. The van der Waals surface area contributed by atoms with Gasteiger partial charge in [0.05, 0.1) is 16.4 Å². The molecule has 0 radical (unpaired) electrons. The van der Waals surface area contributed by atoms with Crippen LogP contribution >= 0.6 is 11.6 Å². The molecule has 2 N–H and O–H groups in total. The van der Waals surface area contributed by atoms with E-state index in [1.54, 1.807) is 19.9 Å². The molecule has 0 aliphatic heterocycles. The molecular weight excluding hydrogens is 243 g/mol. The number of nitrogens with two attached hydrogens (primary N) is 1. The summed E-state index contributed by atoms with van der Waals surface area (Å²) in [6.45, 7) is 3.64. The van der Waals surface area contributed by atoms with Gasteiger partial charge in [0.2, 0.25) is 0 Å². The van der Waals surface area contributed by atoms with Crippen molar-refractivity contribution in [1.82, 2.24) is 14.8 Å². The van der Waals surface area contributed by atoms with Gasteiger partial charge >= 0.3 is 0 Å². The van der Waals surface area contributed by atoms with Crippen molar-refractivity contribution in [3.63, 3.8) is 0 Å². The van der Waals surface area contributed by atoms with E-state index in [9.17, 15) is 4.39 Å². The van der Waals surface area contributed by atoms with Crippen LogP contribution < -0.4 is 5.73 Å². The van der Waals surface area contributed by atoms with Crippen LogP contribution in [0.25, 0.3) is 5.82 Å². The molecule has 4 nitrogen and oxygen atoms in total. The Morgan fingerprint density at radius 1 is 1.47 bits per heavy atom. The van der Waals surface area contributed by atoms with Crippen molar-refractivity contribution in [1.29, 1.82) is 0 Å². The number of pyridine rings is 1. The minimum atomic E-state index is -0.461. The van der Waals surface area contributed by atoms with Gasteiger partial charge in [0.25, 0.3) is 0 Å². The van der Waals surface area contributed by atoms with Gasteiger partial charge in [-0.3, -0.25) is 0 Å². The van der Waals surface area contributed by atoms with Gasteiger partial charge in [0, 0.05) is 18.3 Å². The van der Waals surface area contributed by atoms with Crippen LogP contribution in [0.5, 0.6) is 0 Å². The molecule has 0 fully saturated rings. The average molecular weight is 255 g/mol. The number of hydrogen-bond donors (Lipinski definition) is 1. The van der Waals surface area contributed by atoms with Crippen molar-refractivity contribution in [3.05, 3.63) is 40.1 Å². The Morgan fingerprint density at radius 3 is 2.71 bits per heavy atom. The van der Waals surface area contributed by atoms with E-state index in [-0.39, 0.29) is 12.4 Å². The van der Waals surface area contributed by atoms with Crippen LogP contribution in [0.15, 0.2) is 12.3 Å². The monoisotopic (exact) mass is 254 g/mol. The Kier molecular flexibility index (Phi) is 3.13. The van der Waals surface area contributed by atoms with Crippen LogP contribution in [0.2, 0.25) is 5.02 Å². The summed E-state index contributed by atoms with van der Waals surface area (Å²) >= 11 is 6.02. The van der Waals surface area contributed by atoms with Crippen molar-refractivity contribution in [2.45, 2.75) is 20.4 Å². The molecule has 0 aliphatic rings. The number of halogens is 2. The van der Waals surface area contributed by atoms with E-state index in [0.717, 1.165) is 0 Å². The highest BCUT2D eigenvalue weighted by Gasteiger charge is 2.16. The third-order valence-corrected chi connectivity index (χ3v) is 3.12. The lowest BCUT2D eigenvalue weighted by molar-refractivity contribution is 0.582. The SMILES string of the molecule is Cc1nn(-c2nccc(CN)c2F)c(C)c1Cl. The first kappa shape index (κ1) is 12.0. The molecular formula is C11H12ClFN4. The van der Waals surface area contributed by atoms with E-state index in [1.807, 2.05) is 0 Å². The summed E-state index contributed by atoms with van der Waals surface area (Å²) in [6.07, 6.45) is 1.50. The summed E-state index contributed by atoms with van der Waals surface area (Å²) in [5.74, 6) is -0.335. The Balaban J connectivity index is 2.64. The van der Waals surface area contributed by atoms with Crippen molar-refractivity contribution in [2.75, 3.05) is 0 Å². The van der Waals surface area contributed by atoms with Crippen molar-refractivity contribution in [3.8, 4) is 5.82 Å². The summed E-state index contributed by atoms with van der Waals surface area (Å²) in [5, 5.41) is 4.68. The van der Waals surface area contributed by atoms with E-state index in [1.165, 1.54) is 10.9 Å². The van der Waals surface area contributed by atoms with Crippen LogP contribution in [0.4, 0.5) is 4.39 Å². The maximum absolute atomic E-state index is 14.0. The molecule has 0 unspecified atom stereocenters. The van der Waals surface area contributed by atoms with Gasteiger partial charge in [0.15, 0.2) is 11.6 Å². The predicted octanol–water partition coefficient (Wildman–Crippen LogP) is 2.14. The minimum Gasteiger partial charge on any atom is -0.326 e. The molecule has 0 aliphatic carbocycles. The fourth-order valence-corrected chi connectivity index (χ4v) is 1.72. The zero-order chi connectivity index (χ0) is 12.6. The smallest absolute Gasteiger partial charge is 0.190 e. The van der Waals surface area contributed by atoms with Crippen molar-refractivity contribution >= 4 is 11.6 Å². The highest BCUT2D eigenvalue weighted by Crippen LogP contribution is 2.23. The molecule has 90 valence electrons. The van der Waals surface area contributed by atoms with Crippen LogP contribution in [0.1, 0.15) is 17.0 Å². The molecule has 2 heterocycles. The van der Waals surface area contributed by atoms with Gasteiger partial charge in [-0.15, -0.1) is 0 Å². The molecule has 17 heavy (non-hydrogen) atoms. The molecule has 0 spiro atoms. The predicted molar refractivity (Wildman–Crippen MR) is 63.7 cm³/mol. The maximum atomic E-state index is 14.0. The number of hydrogen-bond acceptors (Lipinski definition) is 3. The molecule has 0 aromatic carbocycles. The molecule has 0 bridgehead atoms. The summed E-state index contributed by atoms with van der Waals surface area (Å²) in [6, 6.07) is 1.55. The van der Waals surface area contributed by atoms with Crippen LogP contribution in [0, 0.1) is 19.7 Å². The maximum Gasteiger partial charge on any atom is 0.190 e. The van der Waals surface area contributed by atoms with Gasteiger partial charge < -0.3 is 5.73 Å². The molecule has 0 saturated carbocycles. The quantitative estimate of drug-likeness (QED) is 0.893. The standard InChI is InChI=1S/C11H12ClFN4/c1-6-9(12)7(2)17(16-6)11-10(13)8(5-14)3-4-15-11/h3-4H,5,14H2,1-2H3. The van der Waals surface area contributed by atoms with Crippen molar-refractivity contribution < 1.29 is 4.39 Å². The highest BCUT2D eigenvalue weighted by molar-refractivity contribution is 6.31. The summed E-state index contributed by atoms with van der Waals surface area (Å²) in [4.78, 5) is 3.98. The second kappa shape index (κ2) is 4.43. The largest absolute Gasteiger partial charge is 0.326 e. The summed E-state index contributed by atoms with van der Waals surface area (Å²) in [7, 11) is 0. The number of aromatic nitrogens is 3. The lowest BCUT2D eigenvalue weighted by atomic mass is 10.2. The van der Waals surface area contributed by atoms with Crippen LogP contribution in [0.3, 0.4) is 0 Å².